The van der Waals surface area contributed by atoms with Gasteiger partial charge in [-0.25, -0.2) is 0 Å². The third kappa shape index (κ3) is 5.73. The Balaban J connectivity index is 1.86. The van der Waals surface area contributed by atoms with E-state index in [-0.39, 0.29) is 17.9 Å². The Morgan fingerprint density at radius 3 is 2.52 bits per heavy atom. The average molecular weight is 326 g/mol. The van der Waals surface area contributed by atoms with E-state index in [4.69, 9.17) is 4.74 Å². The summed E-state index contributed by atoms with van der Waals surface area (Å²) >= 11 is 0. The van der Waals surface area contributed by atoms with Crippen molar-refractivity contribution in [1.82, 2.24) is 9.80 Å². The van der Waals surface area contributed by atoms with E-state index >= 15 is 0 Å². The van der Waals surface area contributed by atoms with Gasteiger partial charge in [-0.2, -0.15) is 0 Å². The number of rotatable bonds is 7. The maximum absolute atomic E-state index is 12.7. The molecule has 134 valence electrons. The Morgan fingerprint density at radius 1 is 1.13 bits per heavy atom. The smallest absolute Gasteiger partial charge is 0.236 e. The lowest BCUT2D eigenvalue weighted by molar-refractivity contribution is -0.137. The molecule has 5 heteroatoms. The molecular formula is C18H34N2O3. The van der Waals surface area contributed by atoms with Gasteiger partial charge in [-0.15, -0.1) is 0 Å². The maximum Gasteiger partial charge on any atom is 0.236 e. The number of aliphatic hydroxyl groups excluding tert-OH is 1. The van der Waals surface area contributed by atoms with Gasteiger partial charge in [0.15, 0.2) is 0 Å². The fourth-order valence-corrected chi connectivity index (χ4v) is 4.01. The van der Waals surface area contributed by atoms with Crippen LogP contribution in [0.5, 0.6) is 0 Å². The van der Waals surface area contributed by atoms with Gasteiger partial charge in [0.1, 0.15) is 0 Å². The summed E-state index contributed by atoms with van der Waals surface area (Å²) < 4.78 is 5.14. The normalized spacial score (nSPS) is 27.0. The van der Waals surface area contributed by atoms with Crippen LogP contribution in [0.15, 0.2) is 0 Å². The van der Waals surface area contributed by atoms with E-state index in [0.717, 1.165) is 51.9 Å². The van der Waals surface area contributed by atoms with Crippen LogP contribution in [0.4, 0.5) is 0 Å². The molecule has 2 aliphatic rings. The number of carbonyl (C=O) groups is 1. The molecule has 2 heterocycles. The van der Waals surface area contributed by atoms with Crippen molar-refractivity contribution in [2.45, 2.75) is 51.4 Å². The average Bonchev–Trinajstić information content (AvgIpc) is 2.84. The molecule has 0 radical (unpaired) electrons. The molecule has 0 aromatic carbocycles. The second-order valence-electron chi connectivity index (χ2n) is 7.36. The Labute approximate surface area is 141 Å². The van der Waals surface area contributed by atoms with Crippen molar-refractivity contribution in [3.05, 3.63) is 0 Å². The lowest BCUT2D eigenvalue weighted by atomic mass is 9.77. The molecule has 23 heavy (non-hydrogen) atoms. The second kappa shape index (κ2) is 9.60. The first-order chi connectivity index (χ1) is 11.2. The predicted molar refractivity (Wildman–Crippen MR) is 91.4 cm³/mol. The zero-order valence-corrected chi connectivity index (χ0v) is 14.8. The zero-order valence-electron chi connectivity index (χ0n) is 14.8. The summed E-state index contributed by atoms with van der Waals surface area (Å²) in [5, 5.41) is 9.91. The monoisotopic (exact) mass is 326 g/mol. The van der Waals surface area contributed by atoms with Crippen molar-refractivity contribution >= 4 is 5.91 Å². The number of ether oxygens (including phenoxy) is 1. The Bertz CT molecular complexity index is 356. The fraction of sp³-hybridized carbons (Fsp3) is 0.944. The molecule has 1 atom stereocenters. The van der Waals surface area contributed by atoms with Gasteiger partial charge in [0.2, 0.25) is 5.91 Å². The van der Waals surface area contributed by atoms with Gasteiger partial charge in [-0.3, -0.25) is 9.69 Å². The topological polar surface area (TPSA) is 53.0 Å². The summed E-state index contributed by atoms with van der Waals surface area (Å²) in [6.45, 7) is 5.11. The van der Waals surface area contributed by atoms with Crippen LogP contribution in [-0.2, 0) is 9.53 Å². The van der Waals surface area contributed by atoms with Crippen LogP contribution in [0, 0.1) is 5.41 Å². The van der Waals surface area contributed by atoms with E-state index in [1.165, 1.54) is 25.7 Å². The van der Waals surface area contributed by atoms with Gasteiger partial charge in [-0.1, -0.05) is 12.8 Å². The molecule has 5 nitrogen and oxygen atoms in total. The van der Waals surface area contributed by atoms with Crippen LogP contribution in [0.25, 0.3) is 0 Å². The van der Waals surface area contributed by atoms with E-state index in [1.54, 1.807) is 7.11 Å². The number of methoxy groups -OCH3 is 1. The quantitative estimate of drug-likeness (QED) is 0.726. The molecule has 0 aliphatic carbocycles. The predicted octanol–water partition coefficient (Wildman–Crippen LogP) is 1.89. The molecule has 0 saturated carbocycles. The van der Waals surface area contributed by atoms with Gasteiger partial charge >= 0.3 is 0 Å². The van der Waals surface area contributed by atoms with E-state index in [9.17, 15) is 9.90 Å². The Morgan fingerprint density at radius 2 is 1.87 bits per heavy atom. The highest BCUT2D eigenvalue weighted by Crippen LogP contribution is 2.34. The summed E-state index contributed by atoms with van der Waals surface area (Å²) in [5.74, 6) is 0.246. The van der Waals surface area contributed by atoms with E-state index in [1.807, 2.05) is 4.90 Å². The molecule has 2 fully saturated rings. The number of carbonyl (C=O) groups excluding carboxylic acids is 1. The first kappa shape index (κ1) is 18.7. The molecule has 2 rings (SSSR count). The van der Waals surface area contributed by atoms with Crippen LogP contribution < -0.4 is 0 Å². The zero-order chi connectivity index (χ0) is 16.5. The standard InChI is InChI=1S/C18H34N2O3/c1-23-13-7-9-18(16-21)8-6-12-20(15-18)17(22)14-19-10-4-2-3-5-11-19/h21H,2-16H2,1H3/t18-/m0/s1. The molecule has 1 N–H and O–H groups in total. The molecule has 1 amide bonds. The number of amides is 1. The number of nitrogens with zero attached hydrogens (tertiary/aromatic N) is 2. The number of piperidine rings is 1. The molecule has 0 bridgehead atoms. The number of hydrogen-bond acceptors (Lipinski definition) is 4. The highest BCUT2D eigenvalue weighted by molar-refractivity contribution is 5.78. The van der Waals surface area contributed by atoms with Crippen LogP contribution in [0.1, 0.15) is 51.4 Å². The fourth-order valence-electron chi connectivity index (χ4n) is 4.01. The number of hydrogen-bond donors (Lipinski definition) is 1. The minimum Gasteiger partial charge on any atom is -0.396 e. The minimum absolute atomic E-state index is 0.120. The van der Waals surface area contributed by atoms with Crippen molar-refractivity contribution < 1.29 is 14.6 Å². The SMILES string of the molecule is COCCC[C@@]1(CO)CCCN(C(=O)CN2CCCCCC2)C1. The summed E-state index contributed by atoms with van der Waals surface area (Å²) in [7, 11) is 1.71. The number of likely N-dealkylation sites (tertiary alicyclic amines) is 2. The van der Waals surface area contributed by atoms with E-state index < -0.39 is 0 Å². The summed E-state index contributed by atoms with van der Waals surface area (Å²) in [5.41, 5.74) is -0.120. The van der Waals surface area contributed by atoms with Gasteiger partial charge in [0.05, 0.1) is 13.2 Å². The summed E-state index contributed by atoms with van der Waals surface area (Å²) in [6, 6.07) is 0. The third-order valence-electron chi connectivity index (χ3n) is 5.46. The van der Waals surface area contributed by atoms with Gasteiger partial charge in [0.25, 0.3) is 0 Å². The van der Waals surface area contributed by atoms with Crippen molar-refractivity contribution in [3.8, 4) is 0 Å². The highest BCUT2D eigenvalue weighted by atomic mass is 16.5. The van der Waals surface area contributed by atoms with Gasteiger partial charge in [0, 0.05) is 32.2 Å². The molecule has 0 spiro atoms. The van der Waals surface area contributed by atoms with Crippen molar-refractivity contribution in [1.29, 1.82) is 0 Å². The van der Waals surface area contributed by atoms with Crippen molar-refractivity contribution in [2.24, 2.45) is 5.41 Å². The summed E-state index contributed by atoms with van der Waals surface area (Å²) in [4.78, 5) is 17.0. The van der Waals surface area contributed by atoms with Crippen LogP contribution in [-0.4, -0.2) is 73.9 Å². The van der Waals surface area contributed by atoms with Crippen LogP contribution in [0.2, 0.25) is 0 Å². The third-order valence-corrected chi connectivity index (χ3v) is 5.46. The van der Waals surface area contributed by atoms with Crippen molar-refractivity contribution in [2.75, 3.05) is 53.0 Å². The first-order valence-electron chi connectivity index (χ1n) is 9.29. The highest BCUT2D eigenvalue weighted by Gasteiger charge is 2.36. The van der Waals surface area contributed by atoms with E-state index in [2.05, 4.69) is 4.90 Å². The Kier molecular flexibility index (Phi) is 7.80. The van der Waals surface area contributed by atoms with Gasteiger partial charge in [-0.05, 0) is 51.6 Å². The first-order valence-corrected chi connectivity index (χ1v) is 9.29. The maximum atomic E-state index is 12.7. The molecule has 0 aromatic rings. The molecule has 0 aromatic heterocycles. The number of aliphatic hydroxyl groups is 1. The van der Waals surface area contributed by atoms with Gasteiger partial charge < -0.3 is 14.7 Å². The molecule has 0 unspecified atom stereocenters. The van der Waals surface area contributed by atoms with Crippen LogP contribution in [0.3, 0.4) is 0 Å². The second-order valence-corrected chi connectivity index (χ2v) is 7.36. The van der Waals surface area contributed by atoms with E-state index in [0.29, 0.717) is 13.1 Å². The minimum atomic E-state index is -0.120. The molecule has 2 aliphatic heterocycles. The molecular weight excluding hydrogens is 292 g/mol. The molecule has 2 saturated heterocycles. The largest absolute Gasteiger partial charge is 0.396 e. The Hall–Kier alpha value is -0.650. The summed E-state index contributed by atoms with van der Waals surface area (Å²) in [6.07, 6.45) is 8.91. The lowest BCUT2D eigenvalue weighted by Gasteiger charge is -2.42. The lowest BCUT2D eigenvalue weighted by Crippen LogP contribution is -2.50. The van der Waals surface area contributed by atoms with Crippen LogP contribution >= 0.6 is 0 Å². The van der Waals surface area contributed by atoms with Crippen molar-refractivity contribution in [3.63, 3.8) is 0 Å².